The molecule has 0 atom stereocenters. The lowest BCUT2D eigenvalue weighted by atomic mass is 10.0. The van der Waals surface area contributed by atoms with Crippen LogP contribution in [0.4, 0.5) is 5.69 Å². The molecule has 0 fully saturated rings. The molecule has 0 saturated heterocycles. The molecule has 0 spiro atoms. The number of hydrogen-bond donors (Lipinski definition) is 1. The summed E-state index contributed by atoms with van der Waals surface area (Å²) in [6.45, 7) is 1.99. The molecule has 0 aliphatic carbocycles. The molecular weight excluding hydrogens is 288 g/mol. The number of aliphatic imine (C=N–C) groups is 1. The van der Waals surface area contributed by atoms with Crippen molar-refractivity contribution in [3.05, 3.63) is 59.8 Å². The van der Waals surface area contributed by atoms with Gasteiger partial charge >= 0.3 is 0 Å². The molecule has 1 aliphatic heterocycles. The first-order chi connectivity index (χ1) is 11.2. The molecular formula is C18H14N4O. The number of fused-ring (bicyclic) bond motifs is 2. The monoisotopic (exact) mass is 302 g/mol. The highest BCUT2D eigenvalue weighted by Gasteiger charge is 2.26. The van der Waals surface area contributed by atoms with Crippen LogP contribution in [0.25, 0.3) is 22.2 Å². The van der Waals surface area contributed by atoms with Gasteiger partial charge in [0.05, 0.1) is 17.7 Å². The van der Waals surface area contributed by atoms with Crippen molar-refractivity contribution in [2.75, 3.05) is 0 Å². The number of aryl methyl sites for hydroxylation is 2. The molecule has 1 aromatic carbocycles. The zero-order valence-corrected chi connectivity index (χ0v) is 12.8. The maximum atomic E-state index is 5.64. The Morgan fingerprint density at radius 3 is 2.87 bits per heavy atom. The molecule has 0 bridgehead atoms. The first-order valence-electron chi connectivity index (χ1n) is 7.51. The fourth-order valence-corrected chi connectivity index (χ4v) is 3.42. The van der Waals surface area contributed by atoms with Crippen molar-refractivity contribution in [2.45, 2.75) is 6.92 Å². The summed E-state index contributed by atoms with van der Waals surface area (Å²) in [5, 5.41) is 5.71. The maximum Gasteiger partial charge on any atom is 0.152 e. The average Bonchev–Trinajstić information content (AvgIpc) is 3.22. The summed E-state index contributed by atoms with van der Waals surface area (Å²) in [5.74, 6) is 0.765. The molecule has 3 aromatic heterocycles. The van der Waals surface area contributed by atoms with Gasteiger partial charge in [-0.1, -0.05) is 12.1 Å². The third-order valence-corrected chi connectivity index (χ3v) is 4.38. The van der Waals surface area contributed by atoms with Gasteiger partial charge in [-0.3, -0.25) is 4.68 Å². The predicted octanol–water partition coefficient (Wildman–Crippen LogP) is 3.95. The average molecular weight is 302 g/mol. The van der Waals surface area contributed by atoms with E-state index in [4.69, 9.17) is 9.41 Å². The Bertz CT molecular complexity index is 1080. The Morgan fingerprint density at radius 1 is 1.13 bits per heavy atom. The number of nitrogens with one attached hydrogen (secondary N) is 1. The Kier molecular flexibility index (Phi) is 2.29. The Hall–Kier alpha value is -3.08. The molecule has 5 rings (SSSR count). The van der Waals surface area contributed by atoms with Crippen molar-refractivity contribution in [1.29, 1.82) is 0 Å². The van der Waals surface area contributed by atoms with Gasteiger partial charge in [0.15, 0.2) is 5.76 Å². The lowest BCUT2D eigenvalue weighted by Gasteiger charge is -2.05. The third-order valence-electron chi connectivity index (χ3n) is 4.38. The quantitative estimate of drug-likeness (QED) is 0.509. The van der Waals surface area contributed by atoms with Gasteiger partial charge in [0, 0.05) is 35.3 Å². The minimum Gasteiger partial charge on any atom is -0.463 e. The number of H-pyrrole nitrogens is 1. The predicted molar refractivity (Wildman–Crippen MR) is 89.2 cm³/mol. The van der Waals surface area contributed by atoms with E-state index in [1.807, 2.05) is 43.0 Å². The van der Waals surface area contributed by atoms with Crippen LogP contribution in [0.2, 0.25) is 0 Å². The maximum absolute atomic E-state index is 5.64. The molecule has 1 N–H and O–H groups in total. The molecule has 4 heterocycles. The highest BCUT2D eigenvalue weighted by atomic mass is 16.3. The first-order valence-corrected chi connectivity index (χ1v) is 7.51. The number of rotatable bonds is 1. The summed E-state index contributed by atoms with van der Waals surface area (Å²) in [4.78, 5) is 8.30. The standard InChI is InChI=1S/C18H14N4O/c1-10-16-18(22(2)21-10)12-9-19-13-6-3-5-11(15(12)13)17(20-16)14-7-4-8-23-14/h3-9,19H,1-2H3. The second kappa shape index (κ2) is 4.23. The van der Waals surface area contributed by atoms with Crippen molar-refractivity contribution in [2.24, 2.45) is 12.0 Å². The van der Waals surface area contributed by atoms with E-state index in [0.29, 0.717) is 0 Å². The van der Waals surface area contributed by atoms with Crippen molar-refractivity contribution in [1.82, 2.24) is 14.8 Å². The fraction of sp³-hybridized carbons (Fsp3) is 0.111. The van der Waals surface area contributed by atoms with E-state index < -0.39 is 0 Å². The van der Waals surface area contributed by atoms with E-state index in [-0.39, 0.29) is 0 Å². The number of aromatic amines is 1. The van der Waals surface area contributed by atoms with Crippen LogP contribution in [0.5, 0.6) is 0 Å². The number of benzene rings is 1. The van der Waals surface area contributed by atoms with Gasteiger partial charge in [0.2, 0.25) is 0 Å². The summed E-state index contributed by atoms with van der Waals surface area (Å²) < 4.78 is 7.55. The van der Waals surface area contributed by atoms with Crippen molar-refractivity contribution < 1.29 is 4.42 Å². The molecule has 112 valence electrons. The molecule has 4 aromatic rings. The van der Waals surface area contributed by atoms with Crippen LogP contribution in [-0.2, 0) is 7.05 Å². The van der Waals surface area contributed by atoms with Gasteiger partial charge < -0.3 is 9.40 Å². The van der Waals surface area contributed by atoms with E-state index in [9.17, 15) is 0 Å². The molecule has 0 radical (unpaired) electrons. The zero-order chi connectivity index (χ0) is 15.6. The van der Waals surface area contributed by atoms with Crippen LogP contribution in [0, 0.1) is 6.92 Å². The number of nitrogens with zero attached hydrogens (tertiary/aromatic N) is 3. The molecule has 0 unspecified atom stereocenters. The molecule has 1 aliphatic rings. The fourth-order valence-electron chi connectivity index (χ4n) is 3.42. The number of aromatic nitrogens is 3. The highest BCUT2D eigenvalue weighted by molar-refractivity contribution is 6.23. The summed E-state index contributed by atoms with van der Waals surface area (Å²) in [5.41, 5.74) is 6.97. The van der Waals surface area contributed by atoms with E-state index in [1.54, 1.807) is 6.26 Å². The second-order valence-electron chi connectivity index (χ2n) is 5.77. The van der Waals surface area contributed by atoms with Gasteiger partial charge in [-0.05, 0) is 25.1 Å². The third kappa shape index (κ3) is 1.56. The van der Waals surface area contributed by atoms with Gasteiger partial charge in [-0.25, -0.2) is 4.99 Å². The lowest BCUT2D eigenvalue weighted by molar-refractivity contribution is 0.558. The van der Waals surface area contributed by atoms with Gasteiger partial charge in [0.1, 0.15) is 11.4 Å². The minimum atomic E-state index is 0.765. The summed E-state index contributed by atoms with van der Waals surface area (Å²) in [6, 6.07) is 10.0. The molecule has 5 nitrogen and oxygen atoms in total. The van der Waals surface area contributed by atoms with Crippen molar-refractivity contribution >= 4 is 22.3 Å². The topological polar surface area (TPSA) is 59.1 Å². The van der Waals surface area contributed by atoms with Crippen molar-refractivity contribution in [3.8, 4) is 11.3 Å². The normalized spacial score (nSPS) is 13.0. The van der Waals surface area contributed by atoms with Crippen LogP contribution in [0.1, 0.15) is 17.0 Å². The largest absolute Gasteiger partial charge is 0.463 e. The summed E-state index contributed by atoms with van der Waals surface area (Å²) >= 11 is 0. The Labute approximate surface area is 132 Å². The minimum absolute atomic E-state index is 0.765. The van der Waals surface area contributed by atoms with E-state index in [2.05, 4.69) is 22.2 Å². The summed E-state index contributed by atoms with van der Waals surface area (Å²) in [6.07, 6.45) is 3.71. The number of hydrogen-bond acceptors (Lipinski definition) is 3. The second-order valence-corrected chi connectivity index (χ2v) is 5.77. The van der Waals surface area contributed by atoms with Crippen LogP contribution in [-0.4, -0.2) is 20.5 Å². The van der Waals surface area contributed by atoms with Gasteiger partial charge in [0.25, 0.3) is 0 Å². The molecule has 0 saturated carbocycles. The van der Waals surface area contributed by atoms with E-state index in [1.165, 1.54) is 0 Å². The highest BCUT2D eigenvalue weighted by Crippen LogP contribution is 2.42. The zero-order valence-electron chi connectivity index (χ0n) is 12.8. The van der Waals surface area contributed by atoms with Gasteiger partial charge in [-0.2, -0.15) is 5.10 Å². The van der Waals surface area contributed by atoms with E-state index >= 15 is 0 Å². The van der Waals surface area contributed by atoms with Crippen LogP contribution >= 0.6 is 0 Å². The number of furan rings is 1. The Morgan fingerprint density at radius 2 is 2.04 bits per heavy atom. The first kappa shape index (κ1) is 12.5. The molecule has 23 heavy (non-hydrogen) atoms. The SMILES string of the molecule is Cc1nn(C)c2c1N=C(c1ccco1)c1cccc3[nH]cc-2c13. The molecule has 0 amide bonds. The lowest BCUT2D eigenvalue weighted by Crippen LogP contribution is -2.01. The molecule has 5 heteroatoms. The van der Waals surface area contributed by atoms with Crippen molar-refractivity contribution in [3.63, 3.8) is 0 Å². The summed E-state index contributed by atoms with van der Waals surface area (Å²) in [7, 11) is 1.96. The van der Waals surface area contributed by atoms with Crippen LogP contribution in [0.15, 0.2) is 52.2 Å². The van der Waals surface area contributed by atoms with E-state index in [0.717, 1.165) is 50.6 Å². The van der Waals surface area contributed by atoms with Crippen LogP contribution < -0.4 is 0 Å². The van der Waals surface area contributed by atoms with Gasteiger partial charge in [-0.15, -0.1) is 0 Å². The van der Waals surface area contributed by atoms with Crippen LogP contribution in [0.3, 0.4) is 0 Å². The Balaban J connectivity index is 2.00. The smallest absolute Gasteiger partial charge is 0.152 e.